The average molecular weight is 277 g/mol. The van der Waals surface area contributed by atoms with Crippen molar-refractivity contribution >= 4 is 33.2 Å². The van der Waals surface area contributed by atoms with E-state index in [-0.39, 0.29) is 18.7 Å². The number of amides is 1. The normalized spacial score (nSPS) is 13.1. The van der Waals surface area contributed by atoms with Crippen LogP contribution in [0.3, 0.4) is 0 Å². The molecule has 0 aliphatic heterocycles. The fourth-order valence-corrected chi connectivity index (χ4v) is 1.71. The number of halogens is 1. The molecule has 7 heteroatoms. The number of anilines is 1. The second-order valence-electron chi connectivity index (χ2n) is 3.45. The van der Waals surface area contributed by atoms with E-state index in [9.17, 15) is 13.2 Å². The van der Waals surface area contributed by atoms with Gasteiger partial charge in [-0.2, -0.15) is 0 Å². The molecular weight excluding hydrogens is 264 g/mol. The van der Waals surface area contributed by atoms with Gasteiger partial charge in [0.15, 0.2) is 0 Å². The molecule has 0 aliphatic carbocycles. The highest BCUT2D eigenvalue weighted by molar-refractivity contribution is 7.91. The van der Waals surface area contributed by atoms with Gasteiger partial charge in [-0.05, 0) is 18.6 Å². The molecule has 1 amide bonds. The van der Waals surface area contributed by atoms with Crippen molar-refractivity contribution in [3.8, 4) is 0 Å². The summed E-state index contributed by atoms with van der Waals surface area (Å²) in [5.74, 6) is -0.300. The molecule has 1 aromatic carbocycles. The third kappa shape index (κ3) is 5.16. The highest BCUT2D eigenvalue weighted by Gasteiger charge is 2.19. The summed E-state index contributed by atoms with van der Waals surface area (Å²) in [6.07, 6.45) is -0.0153. The van der Waals surface area contributed by atoms with Gasteiger partial charge in [-0.25, -0.2) is 13.6 Å². The van der Waals surface area contributed by atoms with Gasteiger partial charge < -0.3 is 5.32 Å². The fourth-order valence-electron chi connectivity index (χ4n) is 1.15. The van der Waals surface area contributed by atoms with Crippen molar-refractivity contribution in [3.05, 3.63) is 30.3 Å². The molecule has 5 nitrogen and oxygen atoms in total. The molecule has 0 heterocycles. The summed E-state index contributed by atoms with van der Waals surface area (Å²) in [6.45, 7) is 0. The fraction of sp³-hybridized carbons (Fsp3) is 0.300. The summed E-state index contributed by atoms with van der Waals surface area (Å²) in [5.41, 5.74) is 0.652. The maximum atomic E-state index is 11.4. The predicted octanol–water partition coefficient (Wildman–Crippen LogP) is 1.26. The smallest absolute Gasteiger partial charge is 0.226 e. The number of carbonyl (C=O) groups excluding carboxylic acids is 1. The molecule has 1 aromatic rings. The summed E-state index contributed by atoms with van der Waals surface area (Å²) in [4.78, 5) is 11.4. The Morgan fingerprint density at radius 1 is 1.35 bits per heavy atom. The van der Waals surface area contributed by atoms with Gasteiger partial charge in [0, 0.05) is 12.1 Å². The van der Waals surface area contributed by atoms with Crippen molar-refractivity contribution in [1.82, 2.24) is 0 Å². The van der Waals surface area contributed by atoms with E-state index >= 15 is 0 Å². The van der Waals surface area contributed by atoms with Crippen molar-refractivity contribution < 1.29 is 13.2 Å². The first kappa shape index (κ1) is 14.0. The van der Waals surface area contributed by atoms with Crippen LogP contribution in [-0.4, -0.2) is 19.0 Å². The topological polar surface area (TPSA) is 89.3 Å². The van der Waals surface area contributed by atoms with Crippen LogP contribution in [0.2, 0.25) is 0 Å². The van der Waals surface area contributed by atoms with Crippen LogP contribution >= 0.6 is 11.6 Å². The van der Waals surface area contributed by atoms with Gasteiger partial charge in [-0.1, -0.05) is 18.2 Å². The summed E-state index contributed by atoms with van der Waals surface area (Å²) in [5, 5.41) is 7.44. The predicted molar refractivity (Wildman–Crippen MR) is 67.1 cm³/mol. The van der Waals surface area contributed by atoms with Crippen LogP contribution in [0.5, 0.6) is 0 Å². The van der Waals surface area contributed by atoms with Gasteiger partial charge in [0.05, 0.1) is 0 Å². The molecule has 3 N–H and O–H groups in total. The molecule has 0 saturated heterocycles. The third-order valence-corrected chi connectivity index (χ3v) is 3.92. The van der Waals surface area contributed by atoms with E-state index in [1.54, 1.807) is 24.3 Å². The first-order valence-corrected chi connectivity index (χ1v) is 6.95. The van der Waals surface area contributed by atoms with Crippen LogP contribution in [0.1, 0.15) is 12.8 Å². The van der Waals surface area contributed by atoms with E-state index in [0.717, 1.165) is 0 Å². The number of carbonyl (C=O) groups is 1. The summed E-state index contributed by atoms with van der Waals surface area (Å²) >= 11 is 5.51. The van der Waals surface area contributed by atoms with E-state index in [4.69, 9.17) is 16.7 Å². The lowest BCUT2D eigenvalue weighted by molar-refractivity contribution is -0.116. The first-order valence-electron chi connectivity index (χ1n) is 4.90. The Hall–Kier alpha value is -1.11. The van der Waals surface area contributed by atoms with Crippen LogP contribution in [0.15, 0.2) is 30.3 Å². The Morgan fingerprint density at radius 3 is 2.47 bits per heavy atom. The Kier molecular flexibility index (Phi) is 4.92. The largest absolute Gasteiger partial charge is 0.326 e. The summed E-state index contributed by atoms with van der Waals surface area (Å²) < 4.78 is 20.4. The minimum atomic E-state index is -3.79. The molecule has 0 aromatic heterocycles. The van der Waals surface area contributed by atoms with Gasteiger partial charge in [0.1, 0.15) is 4.71 Å². The Balaban J connectivity index is 2.42. The van der Waals surface area contributed by atoms with E-state index in [1.807, 2.05) is 6.07 Å². The van der Waals surface area contributed by atoms with Gasteiger partial charge in [-0.3, -0.25) is 4.79 Å². The number of benzene rings is 1. The van der Waals surface area contributed by atoms with E-state index in [1.165, 1.54) is 0 Å². The first-order chi connectivity index (χ1) is 7.89. The lowest BCUT2D eigenvalue weighted by atomic mass is 10.3. The number of hydrogen-bond donors (Lipinski definition) is 2. The molecule has 0 spiro atoms. The zero-order valence-corrected chi connectivity index (χ0v) is 10.5. The summed E-state index contributed by atoms with van der Waals surface area (Å²) in [7, 11) is -3.79. The minimum Gasteiger partial charge on any atom is -0.326 e. The average Bonchev–Trinajstić information content (AvgIpc) is 2.26. The number of hydrogen-bond acceptors (Lipinski definition) is 3. The molecule has 94 valence electrons. The maximum absolute atomic E-state index is 11.4. The van der Waals surface area contributed by atoms with Gasteiger partial charge in [0.2, 0.25) is 15.9 Å². The van der Waals surface area contributed by atoms with E-state index < -0.39 is 14.7 Å². The molecule has 0 fully saturated rings. The molecule has 1 atom stereocenters. The summed E-state index contributed by atoms with van der Waals surface area (Å²) in [6, 6.07) is 8.85. The number of rotatable bonds is 5. The number of alkyl halides is 1. The Bertz CT molecular complexity index is 476. The number of para-hydroxylation sites is 1. The van der Waals surface area contributed by atoms with Crippen molar-refractivity contribution in [2.45, 2.75) is 17.6 Å². The second kappa shape index (κ2) is 6.00. The van der Waals surface area contributed by atoms with Crippen molar-refractivity contribution in [2.24, 2.45) is 5.14 Å². The molecule has 1 rings (SSSR count). The molecule has 0 bridgehead atoms. The number of sulfonamides is 1. The molecule has 0 aliphatic rings. The lowest BCUT2D eigenvalue weighted by Crippen LogP contribution is -2.25. The van der Waals surface area contributed by atoms with Gasteiger partial charge in [-0.15, -0.1) is 11.6 Å². The van der Waals surface area contributed by atoms with Crippen molar-refractivity contribution in [3.63, 3.8) is 0 Å². The number of nitrogens with two attached hydrogens (primary N) is 1. The van der Waals surface area contributed by atoms with Crippen LogP contribution in [0.4, 0.5) is 5.69 Å². The second-order valence-corrected chi connectivity index (χ2v) is 5.98. The standard InChI is InChI=1S/C10H13ClN2O3S/c11-9(17(12,15)16)6-7-10(14)13-8-4-2-1-3-5-8/h1-5,9H,6-7H2,(H,13,14)(H2,12,15,16). The zero-order chi connectivity index (χ0) is 12.9. The highest BCUT2D eigenvalue weighted by Crippen LogP contribution is 2.12. The van der Waals surface area contributed by atoms with Gasteiger partial charge >= 0.3 is 0 Å². The van der Waals surface area contributed by atoms with Crippen LogP contribution < -0.4 is 10.5 Å². The van der Waals surface area contributed by atoms with Gasteiger partial charge in [0.25, 0.3) is 0 Å². The Labute approximate surface area is 105 Å². The maximum Gasteiger partial charge on any atom is 0.226 e. The number of nitrogens with one attached hydrogen (secondary N) is 1. The molecule has 0 radical (unpaired) electrons. The third-order valence-electron chi connectivity index (χ3n) is 2.01. The van der Waals surface area contributed by atoms with Crippen molar-refractivity contribution in [1.29, 1.82) is 0 Å². The molecule has 17 heavy (non-hydrogen) atoms. The minimum absolute atomic E-state index is 0.000505. The van der Waals surface area contributed by atoms with Crippen molar-refractivity contribution in [2.75, 3.05) is 5.32 Å². The SMILES string of the molecule is NS(=O)(=O)C(Cl)CCC(=O)Nc1ccccc1. The zero-order valence-electron chi connectivity index (χ0n) is 8.97. The molecular formula is C10H13ClN2O3S. The monoisotopic (exact) mass is 276 g/mol. The van der Waals surface area contributed by atoms with E-state index in [2.05, 4.69) is 5.32 Å². The van der Waals surface area contributed by atoms with Crippen LogP contribution in [0.25, 0.3) is 0 Å². The number of primary sulfonamides is 1. The van der Waals surface area contributed by atoms with Crippen LogP contribution in [-0.2, 0) is 14.8 Å². The quantitative estimate of drug-likeness (QED) is 0.794. The Morgan fingerprint density at radius 2 is 1.94 bits per heavy atom. The van der Waals surface area contributed by atoms with Crippen LogP contribution in [0, 0.1) is 0 Å². The molecule has 0 saturated carbocycles. The molecule has 1 unspecified atom stereocenters. The lowest BCUT2D eigenvalue weighted by Gasteiger charge is -2.07. The highest BCUT2D eigenvalue weighted by atomic mass is 35.5. The van der Waals surface area contributed by atoms with E-state index in [0.29, 0.717) is 5.69 Å².